The third-order valence-corrected chi connectivity index (χ3v) is 3.11. The second kappa shape index (κ2) is 8.04. The van der Waals surface area contributed by atoms with Crippen LogP contribution in [0.4, 0.5) is 8.78 Å². The van der Waals surface area contributed by atoms with Crippen molar-refractivity contribution >= 4 is 11.9 Å². The Kier molecular flexibility index (Phi) is 6.69. The second-order valence-electron chi connectivity index (χ2n) is 4.64. The number of hydrogen-bond acceptors (Lipinski definition) is 3. The van der Waals surface area contributed by atoms with Crippen LogP contribution in [0.25, 0.3) is 0 Å². The van der Waals surface area contributed by atoms with Gasteiger partial charge in [-0.05, 0) is 18.8 Å². The fraction of sp³-hybridized carbons (Fsp3) is 0.833. The number of amides is 1. The SMILES string of the molecule is O=C(O)CCC1CCN(C(=O)CCOCC(F)F)C1. The molecule has 0 aromatic rings. The number of nitrogens with zero attached hydrogens (tertiary/aromatic N) is 1. The summed E-state index contributed by atoms with van der Waals surface area (Å²) < 4.78 is 28.2. The second-order valence-corrected chi connectivity index (χ2v) is 4.64. The van der Waals surface area contributed by atoms with Gasteiger partial charge in [0.05, 0.1) is 13.0 Å². The van der Waals surface area contributed by atoms with Crippen molar-refractivity contribution in [2.24, 2.45) is 5.92 Å². The van der Waals surface area contributed by atoms with Crippen LogP contribution in [0.1, 0.15) is 25.7 Å². The summed E-state index contributed by atoms with van der Waals surface area (Å²) in [6, 6.07) is 0. The predicted molar refractivity (Wildman–Crippen MR) is 63.0 cm³/mol. The molecule has 1 fully saturated rings. The Hall–Kier alpha value is -1.24. The first kappa shape index (κ1) is 15.8. The highest BCUT2D eigenvalue weighted by Crippen LogP contribution is 2.21. The van der Waals surface area contributed by atoms with Crippen molar-refractivity contribution in [1.82, 2.24) is 4.90 Å². The lowest BCUT2D eigenvalue weighted by Crippen LogP contribution is -2.29. The highest BCUT2D eigenvalue weighted by molar-refractivity contribution is 5.76. The number of halogens is 2. The van der Waals surface area contributed by atoms with E-state index in [2.05, 4.69) is 4.74 Å². The smallest absolute Gasteiger partial charge is 0.303 e. The van der Waals surface area contributed by atoms with Crippen LogP contribution in [-0.4, -0.2) is 54.6 Å². The Morgan fingerprint density at radius 2 is 2.11 bits per heavy atom. The zero-order valence-electron chi connectivity index (χ0n) is 10.7. The van der Waals surface area contributed by atoms with Crippen LogP contribution in [0.5, 0.6) is 0 Å². The van der Waals surface area contributed by atoms with E-state index in [0.717, 1.165) is 6.42 Å². The molecule has 5 nitrogen and oxygen atoms in total. The number of carboxylic acid groups (broad SMARTS) is 1. The number of rotatable bonds is 8. The fourth-order valence-electron chi connectivity index (χ4n) is 2.11. The maximum absolute atomic E-state index is 11.8. The van der Waals surface area contributed by atoms with Crippen LogP contribution < -0.4 is 0 Å². The molecule has 1 amide bonds. The number of alkyl halides is 2. The van der Waals surface area contributed by atoms with Gasteiger partial charge in [0.15, 0.2) is 0 Å². The van der Waals surface area contributed by atoms with Gasteiger partial charge in [-0.1, -0.05) is 0 Å². The van der Waals surface area contributed by atoms with Crippen LogP contribution in [0.2, 0.25) is 0 Å². The van der Waals surface area contributed by atoms with Crippen LogP contribution in [0.15, 0.2) is 0 Å². The molecule has 0 aliphatic carbocycles. The molecule has 1 saturated heterocycles. The molecule has 19 heavy (non-hydrogen) atoms. The lowest BCUT2D eigenvalue weighted by atomic mass is 10.0. The first-order chi connectivity index (χ1) is 8.99. The zero-order valence-corrected chi connectivity index (χ0v) is 10.7. The molecule has 110 valence electrons. The van der Waals surface area contributed by atoms with Gasteiger partial charge in [-0.3, -0.25) is 9.59 Å². The van der Waals surface area contributed by atoms with Crippen molar-refractivity contribution in [1.29, 1.82) is 0 Å². The van der Waals surface area contributed by atoms with Crippen molar-refractivity contribution in [3.63, 3.8) is 0 Å². The predicted octanol–water partition coefficient (Wildman–Crippen LogP) is 1.37. The molecule has 0 bridgehead atoms. The summed E-state index contributed by atoms with van der Waals surface area (Å²) in [6.45, 7) is 0.521. The van der Waals surface area contributed by atoms with Crippen molar-refractivity contribution in [3.8, 4) is 0 Å². The molecule has 0 spiro atoms. The molecule has 1 aliphatic heterocycles. The Morgan fingerprint density at radius 1 is 1.37 bits per heavy atom. The van der Waals surface area contributed by atoms with Gasteiger partial charge in [-0.25, -0.2) is 8.78 Å². The zero-order chi connectivity index (χ0) is 14.3. The number of hydrogen-bond donors (Lipinski definition) is 1. The average Bonchev–Trinajstić information content (AvgIpc) is 2.80. The van der Waals surface area contributed by atoms with Gasteiger partial charge >= 0.3 is 5.97 Å². The highest BCUT2D eigenvalue weighted by Gasteiger charge is 2.26. The molecule has 0 radical (unpaired) electrons. The number of carbonyl (C=O) groups excluding carboxylic acids is 1. The Morgan fingerprint density at radius 3 is 2.74 bits per heavy atom. The van der Waals surface area contributed by atoms with E-state index in [0.29, 0.717) is 19.5 Å². The quantitative estimate of drug-likeness (QED) is 0.681. The van der Waals surface area contributed by atoms with Crippen molar-refractivity contribution in [2.45, 2.75) is 32.1 Å². The molecule has 1 rings (SSSR count). The van der Waals surface area contributed by atoms with Gasteiger partial charge in [0.2, 0.25) is 5.91 Å². The first-order valence-electron chi connectivity index (χ1n) is 6.34. The van der Waals surface area contributed by atoms with Crippen LogP contribution in [-0.2, 0) is 14.3 Å². The Labute approximate surface area is 110 Å². The maximum Gasteiger partial charge on any atom is 0.303 e. The summed E-state index contributed by atoms with van der Waals surface area (Å²) in [7, 11) is 0. The minimum Gasteiger partial charge on any atom is -0.481 e. The Balaban J connectivity index is 2.15. The van der Waals surface area contributed by atoms with Gasteiger partial charge in [0.25, 0.3) is 6.43 Å². The van der Waals surface area contributed by atoms with Gasteiger partial charge in [0.1, 0.15) is 6.61 Å². The number of likely N-dealkylation sites (tertiary alicyclic amines) is 1. The summed E-state index contributed by atoms with van der Waals surface area (Å²) in [5.41, 5.74) is 0. The van der Waals surface area contributed by atoms with Gasteiger partial charge in [-0.15, -0.1) is 0 Å². The molecule has 1 unspecified atom stereocenters. The van der Waals surface area contributed by atoms with Crippen LogP contribution >= 0.6 is 0 Å². The molecule has 1 N–H and O–H groups in total. The fourth-order valence-corrected chi connectivity index (χ4v) is 2.11. The van der Waals surface area contributed by atoms with Gasteiger partial charge in [-0.2, -0.15) is 0 Å². The average molecular weight is 279 g/mol. The number of carboxylic acids is 1. The number of aliphatic carboxylic acids is 1. The van der Waals surface area contributed by atoms with Gasteiger partial charge < -0.3 is 14.7 Å². The lowest BCUT2D eigenvalue weighted by Gasteiger charge is -2.16. The number of ether oxygens (including phenoxy) is 1. The third kappa shape index (κ3) is 6.47. The molecule has 1 heterocycles. The topological polar surface area (TPSA) is 66.8 Å². The summed E-state index contributed by atoms with van der Waals surface area (Å²) in [4.78, 5) is 23.8. The molecular formula is C12H19F2NO4. The first-order valence-corrected chi connectivity index (χ1v) is 6.34. The molecule has 1 atom stereocenters. The molecule has 0 saturated carbocycles. The molecule has 0 aromatic carbocycles. The lowest BCUT2D eigenvalue weighted by molar-refractivity contribution is -0.137. The normalized spacial score (nSPS) is 19.1. The summed E-state index contributed by atoms with van der Waals surface area (Å²) in [6.07, 6.45) is -0.928. The van der Waals surface area contributed by atoms with Crippen LogP contribution in [0, 0.1) is 5.92 Å². The molecule has 1 aliphatic rings. The molecular weight excluding hydrogens is 260 g/mol. The monoisotopic (exact) mass is 279 g/mol. The van der Waals surface area contributed by atoms with Crippen LogP contribution in [0.3, 0.4) is 0 Å². The van der Waals surface area contributed by atoms with E-state index in [1.165, 1.54) is 0 Å². The van der Waals surface area contributed by atoms with E-state index in [1.807, 2.05) is 0 Å². The van der Waals surface area contributed by atoms with E-state index >= 15 is 0 Å². The van der Waals surface area contributed by atoms with E-state index < -0.39 is 19.0 Å². The molecule has 7 heteroatoms. The van der Waals surface area contributed by atoms with Crippen molar-refractivity contribution < 1.29 is 28.2 Å². The number of carbonyl (C=O) groups is 2. The van der Waals surface area contributed by atoms with E-state index in [9.17, 15) is 18.4 Å². The largest absolute Gasteiger partial charge is 0.481 e. The standard InChI is InChI=1S/C12H19F2NO4/c13-10(14)8-19-6-4-11(16)15-5-3-9(7-15)1-2-12(17)18/h9-10H,1-8H2,(H,17,18). The summed E-state index contributed by atoms with van der Waals surface area (Å²) in [5.74, 6) is -0.723. The minimum atomic E-state index is -2.51. The van der Waals surface area contributed by atoms with E-state index in [4.69, 9.17) is 5.11 Å². The highest BCUT2D eigenvalue weighted by atomic mass is 19.3. The van der Waals surface area contributed by atoms with Crippen molar-refractivity contribution in [3.05, 3.63) is 0 Å². The molecule has 0 aromatic heterocycles. The van der Waals surface area contributed by atoms with Gasteiger partial charge in [0, 0.05) is 19.5 Å². The minimum absolute atomic E-state index is 0.000530. The summed E-state index contributed by atoms with van der Waals surface area (Å²) >= 11 is 0. The third-order valence-electron chi connectivity index (χ3n) is 3.11. The van der Waals surface area contributed by atoms with E-state index in [-0.39, 0.29) is 31.3 Å². The Bertz CT molecular complexity index is 312. The van der Waals surface area contributed by atoms with Crippen molar-refractivity contribution in [2.75, 3.05) is 26.3 Å². The van der Waals surface area contributed by atoms with E-state index in [1.54, 1.807) is 4.90 Å². The maximum atomic E-state index is 11.8. The summed E-state index contributed by atoms with van der Waals surface area (Å²) in [5, 5.41) is 8.58.